The van der Waals surface area contributed by atoms with E-state index in [2.05, 4.69) is 5.10 Å². The first-order valence-corrected chi connectivity index (χ1v) is 4.25. The van der Waals surface area contributed by atoms with Gasteiger partial charge >= 0.3 is 6.18 Å². The maximum absolute atomic E-state index is 12.5. The summed E-state index contributed by atoms with van der Waals surface area (Å²) < 4.78 is 42.6. The van der Waals surface area contributed by atoms with Crippen molar-refractivity contribution in [1.29, 1.82) is 0 Å². The van der Waals surface area contributed by atoms with Gasteiger partial charge in [-0.1, -0.05) is 0 Å². The normalized spacial score (nSPS) is 16.2. The predicted molar refractivity (Wildman–Crippen MR) is 43.2 cm³/mol. The van der Waals surface area contributed by atoms with Crippen molar-refractivity contribution in [2.75, 3.05) is 6.61 Å². The number of rotatable bonds is 0. The predicted octanol–water partition coefficient (Wildman–Crippen LogP) is 0.861. The average Bonchev–Trinajstić information content (AvgIpc) is 2.15. The molecular formula is C8H7F3N2O2. The summed E-state index contributed by atoms with van der Waals surface area (Å²) in [5.41, 5.74) is -2.22. The van der Waals surface area contributed by atoms with Gasteiger partial charge in [0, 0.05) is 0 Å². The van der Waals surface area contributed by atoms with Gasteiger partial charge in [-0.05, 0) is 12.0 Å². The molecule has 0 atom stereocenters. The molecule has 2 rings (SSSR count). The van der Waals surface area contributed by atoms with Crippen LogP contribution in [0.4, 0.5) is 13.2 Å². The Morgan fingerprint density at radius 2 is 2.13 bits per heavy atom. The van der Waals surface area contributed by atoms with E-state index in [1.807, 2.05) is 5.10 Å². The Kier molecular flexibility index (Phi) is 2.26. The van der Waals surface area contributed by atoms with Crippen molar-refractivity contribution >= 4 is 0 Å². The molecule has 15 heavy (non-hydrogen) atoms. The van der Waals surface area contributed by atoms with Crippen LogP contribution in [0.5, 0.6) is 0 Å². The number of nitrogens with one attached hydrogen (secondary N) is 1. The van der Waals surface area contributed by atoms with Gasteiger partial charge in [-0.25, -0.2) is 5.10 Å². The van der Waals surface area contributed by atoms with Gasteiger partial charge < -0.3 is 4.74 Å². The smallest absolute Gasteiger partial charge is 0.375 e. The van der Waals surface area contributed by atoms with Crippen molar-refractivity contribution in [2.45, 2.75) is 19.2 Å². The van der Waals surface area contributed by atoms with Crippen LogP contribution >= 0.6 is 0 Å². The number of halogens is 3. The lowest BCUT2D eigenvalue weighted by atomic mass is 10.0. The number of alkyl halides is 3. The van der Waals surface area contributed by atoms with Gasteiger partial charge in [-0.15, -0.1) is 0 Å². The third kappa shape index (κ3) is 1.74. The van der Waals surface area contributed by atoms with Crippen LogP contribution in [-0.4, -0.2) is 16.8 Å². The number of hydrogen-bond donors (Lipinski definition) is 1. The number of hydrogen-bond acceptors (Lipinski definition) is 3. The lowest BCUT2D eigenvalue weighted by Crippen LogP contribution is -2.29. The number of H-pyrrole nitrogens is 1. The van der Waals surface area contributed by atoms with E-state index in [0.29, 0.717) is 0 Å². The minimum Gasteiger partial charge on any atom is -0.375 e. The molecule has 0 saturated heterocycles. The van der Waals surface area contributed by atoms with E-state index in [-0.39, 0.29) is 30.9 Å². The molecule has 0 spiro atoms. The summed E-state index contributed by atoms with van der Waals surface area (Å²) in [6.07, 6.45) is -4.57. The van der Waals surface area contributed by atoms with Crippen molar-refractivity contribution in [1.82, 2.24) is 10.2 Å². The first-order chi connectivity index (χ1) is 7.00. The molecule has 7 heteroatoms. The molecule has 1 aliphatic rings. The van der Waals surface area contributed by atoms with Gasteiger partial charge in [0.25, 0.3) is 5.56 Å². The number of fused-ring (bicyclic) bond motifs is 1. The topological polar surface area (TPSA) is 55.0 Å². The fourth-order valence-electron chi connectivity index (χ4n) is 1.55. The van der Waals surface area contributed by atoms with Crippen molar-refractivity contribution in [3.8, 4) is 0 Å². The molecule has 82 valence electrons. The highest BCUT2D eigenvalue weighted by Gasteiger charge is 2.38. The van der Waals surface area contributed by atoms with Gasteiger partial charge in [0.15, 0.2) is 0 Å². The van der Waals surface area contributed by atoms with E-state index in [9.17, 15) is 18.0 Å². The van der Waals surface area contributed by atoms with Crippen molar-refractivity contribution in [2.24, 2.45) is 0 Å². The van der Waals surface area contributed by atoms with E-state index in [1.54, 1.807) is 0 Å². The van der Waals surface area contributed by atoms with Gasteiger partial charge in [0.2, 0.25) is 0 Å². The Morgan fingerprint density at radius 3 is 2.80 bits per heavy atom. The summed E-state index contributed by atoms with van der Waals surface area (Å²) >= 11 is 0. The average molecular weight is 220 g/mol. The molecular weight excluding hydrogens is 213 g/mol. The molecule has 1 N–H and O–H groups in total. The number of aromatic amines is 1. The summed E-state index contributed by atoms with van der Waals surface area (Å²) in [6, 6.07) is 0. The summed E-state index contributed by atoms with van der Waals surface area (Å²) in [7, 11) is 0. The Balaban J connectivity index is 2.66. The Labute approximate surface area is 82.1 Å². The van der Waals surface area contributed by atoms with Gasteiger partial charge in [-0.3, -0.25) is 4.79 Å². The molecule has 0 radical (unpaired) electrons. The van der Waals surface area contributed by atoms with E-state index in [1.165, 1.54) is 0 Å². The van der Waals surface area contributed by atoms with Crippen LogP contribution in [-0.2, 0) is 23.9 Å². The maximum atomic E-state index is 12.5. The highest BCUT2D eigenvalue weighted by molar-refractivity contribution is 5.31. The van der Waals surface area contributed by atoms with Crippen molar-refractivity contribution in [3.05, 3.63) is 27.2 Å². The summed E-state index contributed by atoms with van der Waals surface area (Å²) in [6.45, 7) is 0.191. The monoisotopic (exact) mass is 220 g/mol. The van der Waals surface area contributed by atoms with Crippen LogP contribution in [0.25, 0.3) is 0 Å². The van der Waals surface area contributed by atoms with Crippen LogP contribution in [0, 0.1) is 0 Å². The van der Waals surface area contributed by atoms with Crippen molar-refractivity contribution < 1.29 is 17.9 Å². The molecule has 0 unspecified atom stereocenters. The van der Waals surface area contributed by atoms with E-state index >= 15 is 0 Å². The molecule has 0 fully saturated rings. The number of nitrogens with zero attached hydrogens (tertiary/aromatic N) is 1. The maximum Gasteiger partial charge on any atom is 0.422 e. The number of aromatic nitrogens is 2. The summed E-state index contributed by atoms with van der Waals surface area (Å²) in [5.74, 6) is 0. The minimum absolute atomic E-state index is 0.00912. The first-order valence-electron chi connectivity index (χ1n) is 4.25. The summed E-state index contributed by atoms with van der Waals surface area (Å²) in [5, 5.41) is 5.36. The molecule has 0 saturated carbocycles. The third-order valence-corrected chi connectivity index (χ3v) is 2.19. The van der Waals surface area contributed by atoms with Crippen LogP contribution in [0.2, 0.25) is 0 Å². The second kappa shape index (κ2) is 3.34. The molecule has 1 aromatic rings. The molecule has 1 aromatic heterocycles. The van der Waals surface area contributed by atoms with E-state index in [0.717, 1.165) is 0 Å². The van der Waals surface area contributed by atoms with Crippen molar-refractivity contribution in [3.63, 3.8) is 0 Å². The summed E-state index contributed by atoms with van der Waals surface area (Å²) in [4.78, 5) is 11.1. The van der Waals surface area contributed by atoms with E-state index in [4.69, 9.17) is 4.74 Å². The quantitative estimate of drug-likeness (QED) is 0.705. The zero-order valence-electron chi connectivity index (χ0n) is 7.52. The zero-order chi connectivity index (χ0) is 11.1. The standard InChI is InChI=1S/C8H7F3N2O2/c9-8(10,11)6-4-1-2-15-3-5(4)12-13-7(6)14/h1-3H2,(H,13,14). The Bertz CT molecular complexity index is 438. The second-order valence-corrected chi connectivity index (χ2v) is 3.15. The molecule has 0 aromatic carbocycles. The molecule has 0 bridgehead atoms. The van der Waals surface area contributed by atoms with Gasteiger partial charge in [0.05, 0.1) is 18.9 Å². The molecule has 2 heterocycles. The third-order valence-electron chi connectivity index (χ3n) is 2.19. The zero-order valence-corrected chi connectivity index (χ0v) is 7.52. The van der Waals surface area contributed by atoms with Crippen LogP contribution in [0.3, 0.4) is 0 Å². The molecule has 0 aliphatic carbocycles. The minimum atomic E-state index is -4.64. The second-order valence-electron chi connectivity index (χ2n) is 3.15. The fraction of sp³-hybridized carbons (Fsp3) is 0.500. The van der Waals surface area contributed by atoms with Gasteiger partial charge in [0.1, 0.15) is 5.56 Å². The fourth-order valence-corrected chi connectivity index (χ4v) is 1.55. The van der Waals surface area contributed by atoms with Crippen LogP contribution in [0.15, 0.2) is 4.79 Å². The van der Waals surface area contributed by atoms with Crippen LogP contribution in [0.1, 0.15) is 16.8 Å². The van der Waals surface area contributed by atoms with Gasteiger partial charge in [-0.2, -0.15) is 18.3 Å². The molecule has 1 aliphatic heterocycles. The van der Waals surface area contributed by atoms with E-state index < -0.39 is 17.3 Å². The Hall–Kier alpha value is -1.37. The Morgan fingerprint density at radius 1 is 1.40 bits per heavy atom. The lowest BCUT2D eigenvalue weighted by molar-refractivity contribution is -0.139. The molecule has 4 nitrogen and oxygen atoms in total. The first kappa shape index (κ1) is 10.2. The highest BCUT2D eigenvalue weighted by Crippen LogP contribution is 2.31. The highest BCUT2D eigenvalue weighted by atomic mass is 19.4. The lowest BCUT2D eigenvalue weighted by Gasteiger charge is -2.18. The largest absolute Gasteiger partial charge is 0.422 e. The number of ether oxygens (including phenoxy) is 1. The molecule has 0 amide bonds. The van der Waals surface area contributed by atoms with Crippen LogP contribution < -0.4 is 5.56 Å². The SMILES string of the molecule is O=c1[nH]nc2c(c1C(F)(F)F)CCOC2.